The Morgan fingerprint density at radius 1 is 1.21 bits per heavy atom. The van der Waals surface area contributed by atoms with Crippen LogP contribution in [-0.2, 0) is 6.61 Å². The molecule has 5 nitrogen and oxygen atoms in total. The van der Waals surface area contributed by atoms with Crippen LogP contribution in [0.3, 0.4) is 0 Å². The highest BCUT2D eigenvalue weighted by molar-refractivity contribution is 6.30. The topological polar surface area (TPSA) is 72.6 Å². The maximum Gasteiger partial charge on any atom is 0.311 e. The lowest BCUT2D eigenvalue weighted by Gasteiger charge is -2.09. The second-order valence-electron chi connectivity index (χ2n) is 3.74. The van der Waals surface area contributed by atoms with Gasteiger partial charge in [0.05, 0.1) is 11.5 Å². The molecule has 0 atom stereocenters. The summed E-state index contributed by atoms with van der Waals surface area (Å²) in [5, 5.41) is 20.4. The summed E-state index contributed by atoms with van der Waals surface area (Å²) in [6, 6.07) is 10.8. The summed E-state index contributed by atoms with van der Waals surface area (Å²) in [5.74, 6) is 0.397. The molecule has 0 bridgehead atoms. The van der Waals surface area contributed by atoms with Crippen LogP contribution < -0.4 is 4.74 Å². The summed E-state index contributed by atoms with van der Waals surface area (Å²) in [7, 11) is 0. The molecule has 0 saturated carbocycles. The van der Waals surface area contributed by atoms with E-state index in [1.807, 2.05) is 0 Å². The Morgan fingerprint density at radius 2 is 1.95 bits per heavy atom. The zero-order chi connectivity index (χ0) is 13.8. The Morgan fingerprint density at radius 3 is 2.63 bits per heavy atom. The van der Waals surface area contributed by atoms with Crippen molar-refractivity contribution in [1.82, 2.24) is 0 Å². The van der Waals surface area contributed by atoms with Crippen LogP contribution in [-0.4, -0.2) is 10.0 Å². The first kappa shape index (κ1) is 13.3. The summed E-state index contributed by atoms with van der Waals surface area (Å²) in [6.45, 7) is -0.218. The highest BCUT2D eigenvalue weighted by Crippen LogP contribution is 2.34. The number of aliphatic hydroxyl groups excluding tert-OH is 1. The Labute approximate surface area is 114 Å². The molecular formula is C13H10ClNO4. The Hall–Kier alpha value is -2.11. The fourth-order valence-corrected chi connectivity index (χ4v) is 1.74. The first-order valence-electron chi connectivity index (χ1n) is 5.42. The number of hydrogen-bond donors (Lipinski definition) is 1. The van der Waals surface area contributed by atoms with Gasteiger partial charge in [-0.3, -0.25) is 10.1 Å². The van der Waals surface area contributed by atoms with Gasteiger partial charge in [-0.15, -0.1) is 0 Å². The molecule has 98 valence electrons. The third kappa shape index (κ3) is 3.01. The number of benzene rings is 2. The highest BCUT2D eigenvalue weighted by Gasteiger charge is 2.17. The molecule has 0 aliphatic heterocycles. The maximum absolute atomic E-state index is 10.9. The van der Waals surface area contributed by atoms with Gasteiger partial charge in [-0.1, -0.05) is 29.8 Å². The van der Waals surface area contributed by atoms with Gasteiger partial charge < -0.3 is 9.84 Å². The van der Waals surface area contributed by atoms with Crippen molar-refractivity contribution in [2.75, 3.05) is 0 Å². The van der Waals surface area contributed by atoms with Crippen LogP contribution >= 0.6 is 11.6 Å². The van der Waals surface area contributed by atoms with E-state index in [-0.39, 0.29) is 18.0 Å². The van der Waals surface area contributed by atoms with Crippen molar-refractivity contribution >= 4 is 17.3 Å². The average Bonchev–Trinajstić information content (AvgIpc) is 2.39. The van der Waals surface area contributed by atoms with Gasteiger partial charge in [0.15, 0.2) is 0 Å². The number of ether oxygens (including phenoxy) is 1. The van der Waals surface area contributed by atoms with E-state index >= 15 is 0 Å². The summed E-state index contributed by atoms with van der Waals surface area (Å²) in [5.41, 5.74) is 0.355. The SMILES string of the molecule is O=[N+]([O-])c1ccc(Cl)cc1Oc1ccccc1CO. The van der Waals surface area contributed by atoms with E-state index in [0.29, 0.717) is 16.3 Å². The molecule has 0 aliphatic carbocycles. The molecule has 2 aromatic carbocycles. The maximum atomic E-state index is 10.9. The molecule has 0 saturated heterocycles. The fourth-order valence-electron chi connectivity index (χ4n) is 1.57. The van der Waals surface area contributed by atoms with Gasteiger partial charge in [0.2, 0.25) is 5.75 Å². The van der Waals surface area contributed by atoms with Crippen LogP contribution in [0.4, 0.5) is 5.69 Å². The number of para-hydroxylation sites is 1. The molecular weight excluding hydrogens is 270 g/mol. The molecule has 0 aliphatic rings. The van der Waals surface area contributed by atoms with E-state index in [1.165, 1.54) is 18.2 Å². The van der Waals surface area contributed by atoms with E-state index < -0.39 is 4.92 Å². The second-order valence-corrected chi connectivity index (χ2v) is 4.17. The molecule has 0 spiro atoms. The fraction of sp³-hybridized carbons (Fsp3) is 0.0769. The van der Waals surface area contributed by atoms with Crippen LogP contribution in [0, 0.1) is 10.1 Å². The van der Waals surface area contributed by atoms with Crippen molar-refractivity contribution in [1.29, 1.82) is 0 Å². The lowest BCUT2D eigenvalue weighted by molar-refractivity contribution is -0.385. The number of hydrogen-bond acceptors (Lipinski definition) is 4. The van der Waals surface area contributed by atoms with Crippen LogP contribution in [0.5, 0.6) is 11.5 Å². The summed E-state index contributed by atoms with van der Waals surface area (Å²) in [4.78, 5) is 10.4. The van der Waals surface area contributed by atoms with Crippen molar-refractivity contribution in [2.24, 2.45) is 0 Å². The smallest absolute Gasteiger partial charge is 0.311 e. The van der Waals surface area contributed by atoms with E-state index in [9.17, 15) is 15.2 Å². The number of nitrogens with zero attached hydrogens (tertiary/aromatic N) is 1. The van der Waals surface area contributed by atoms with E-state index in [0.717, 1.165) is 0 Å². The molecule has 0 amide bonds. The molecule has 6 heteroatoms. The van der Waals surface area contributed by atoms with Gasteiger partial charge in [-0.05, 0) is 12.1 Å². The zero-order valence-electron chi connectivity index (χ0n) is 9.75. The first-order chi connectivity index (χ1) is 9.11. The Balaban J connectivity index is 2.42. The van der Waals surface area contributed by atoms with Crippen LogP contribution in [0.2, 0.25) is 5.02 Å². The van der Waals surface area contributed by atoms with Crippen LogP contribution in [0.15, 0.2) is 42.5 Å². The van der Waals surface area contributed by atoms with Crippen molar-refractivity contribution in [3.05, 3.63) is 63.2 Å². The number of nitro benzene ring substituents is 1. The predicted octanol–water partition coefficient (Wildman–Crippen LogP) is 3.53. The summed E-state index contributed by atoms with van der Waals surface area (Å²) < 4.78 is 5.49. The van der Waals surface area contributed by atoms with E-state index in [1.54, 1.807) is 24.3 Å². The van der Waals surface area contributed by atoms with Gasteiger partial charge in [-0.25, -0.2) is 0 Å². The third-order valence-electron chi connectivity index (χ3n) is 2.48. The second kappa shape index (κ2) is 5.69. The Kier molecular flexibility index (Phi) is 3.99. The first-order valence-corrected chi connectivity index (χ1v) is 5.80. The van der Waals surface area contributed by atoms with Gasteiger partial charge in [0.25, 0.3) is 0 Å². The quantitative estimate of drug-likeness (QED) is 0.686. The zero-order valence-corrected chi connectivity index (χ0v) is 10.5. The van der Waals surface area contributed by atoms with E-state index in [4.69, 9.17) is 16.3 Å². The lowest BCUT2D eigenvalue weighted by atomic mass is 10.2. The standard InChI is InChI=1S/C13H10ClNO4/c14-10-5-6-11(15(17)18)13(7-10)19-12-4-2-1-3-9(12)8-16/h1-7,16H,8H2. The normalized spacial score (nSPS) is 10.2. The minimum Gasteiger partial charge on any atom is -0.450 e. The predicted molar refractivity (Wildman–Crippen MR) is 70.5 cm³/mol. The number of rotatable bonds is 4. The molecule has 0 fully saturated rings. The van der Waals surface area contributed by atoms with Gasteiger partial charge in [0, 0.05) is 22.7 Å². The number of halogens is 1. The highest BCUT2D eigenvalue weighted by atomic mass is 35.5. The van der Waals surface area contributed by atoms with Crippen molar-refractivity contribution < 1.29 is 14.8 Å². The molecule has 0 heterocycles. The van der Waals surface area contributed by atoms with Gasteiger partial charge in [0.1, 0.15) is 5.75 Å². The number of aliphatic hydroxyl groups is 1. The molecule has 2 rings (SSSR count). The minimum absolute atomic E-state index is 0.0402. The van der Waals surface area contributed by atoms with Crippen LogP contribution in [0.25, 0.3) is 0 Å². The van der Waals surface area contributed by atoms with Crippen molar-refractivity contribution in [3.8, 4) is 11.5 Å². The molecule has 0 aromatic heterocycles. The third-order valence-corrected chi connectivity index (χ3v) is 2.72. The summed E-state index contributed by atoms with van der Waals surface area (Å²) in [6.07, 6.45) is 0. The average molecular weight is 280 g/mol. The monoisotopic (exact) mass is 279 g/mol. The van der Waals surface area contributed by atoms with Gasteiger partial charge >= 0.3 is 5.69 Å². The molecule has 0 radical (unpaired) electrons. The van der Waals surface area contributed by atoms with E-state index in [2.05, 4.69) is 0 Å². The Bertz CT molecular complexity index is 615. The summed E-state index contributed by atoms with van der Waals surface area (Å²) >= 11 is 5.81. The number of nitro groups is 1. The van der Waals surface area contributed by atoms with Crippen LogP contribution in [0.1, 0.15) is 5.56 Å². The molecule has 19 heavy (non-hydrogen) atoms. The molecule has 2 aromatic rings. The van der Waals surface area contributed by atoms with Crippen molar-refractivity contribution in [3.63, 3.8) is 0 Å². The molecule has 1 N–H and O–H groups in total. The largest absolute Gasteiger partial charge is 0.450 e. The lowest BCUT2D eigenvalue weighted by Crippen LogP contribution is -1.95. The molecule has 0 unspecified atom stereocenters. The van der Waals surface area contributed by atoms with Gasteiger partial charge in [-0.2, -0.15) is 0 Å². The van der Waals surface area contributed by atoms with Crippen molar-refractivity contribution in [2.45, 2.75) is 6.61 Å². The minimum atomic E-state index is -0.548.